The van der Waals surface area contributed by atoms with Gasteiger partial charge in [0.25, 0.3) is 0 Å². The Morgan fingerprint density at radius 3 is 2.71 bits per heavy atom. The molecule has 2 heterocycles. The molecule has 0 atom stereocenters. The molecule has 3 rings (SSSR count). The lowest BCUT2D eigenvalue weighted by atomic mass is 10.2. The Balaban J connectivity index is 2.28. The fourth-order valence-corrected chi connectivity index (χ4v) is 2.90. The molecule has 0 aliphatic carbocycles. The molecule has 0 aliphatic heterocycles. The van der Waals surface area contributed by atoms with Gasteiger partial charge in [0.2, 0.25) is 0 Å². The summed E-state index contributed by atoms with van der Waals surface area (Å²) in [4.78, 5) is 9.05. The highest BCUT2D eigenvalue weighted by Gasteiger charge is 2.15. The topological polar surface area (TPSA) is 56.7 Å². The van der Waals surface area contributed by atoms with Gasteiger partial charge in [0.15, 0.2) is 0 Å². The maximum atomic E-state index is 5.73. The van der Waals surface area contributed by atoms with E-state index < -0.39 is 0 Å². The standard InChI is InChI=1S/C16H17BrN4/c1-10(2)21-15-4-3-11(7-18)5-14(15)20-16(21)12-6-13(17)9-19-8-12/h3-6,8-10H,7,18H2,1-2H3. The Kier molecular flexibility index (Phi) is 3.78. The molecule has 4 nitrogen and oxygen atoms in total. The van der Waals surface area contributed by atoms with Gasteiger partial charge in [0.1, 0.15) is 5.82 Å². The summed E-state index contributed by atoms with van der Waals surface area (Å²) in [5.41, 5.74) is 9.92. The average Bonchev–Trinajstić information content (AvgIpc) is 2.85. The van der Waals surface area contributed by atoms with Crippen molar-refractivity contribution in [2.45, 2.75) is 26.4 Å². The van der Waals surface area contributed by atoms with Crippen LogP contribution >= 0.6 is 15.9 Å². The van der Waals surface area contributed by atoms with Gasteiger partial charge in [-0.2, -0.15) is 0 Å². The molecule has 0 saturated carbocycles. The summed E-state index contributed by atoms with van der Waals surface area (Å²) in [6, 6.07) is 8.57. The summed E-state index contributed by atoms with van der Waals surface area (Å²) in [5.74, 6) is 0.933. The average molecular weight is 345 g/mol. The Labute approximate surface area is 132 Å². The summed E-state index contributed by atoms with van der Waals surface area (Å²) in [7, 11) is 0. The van der Waals surface area contributed by atoms with Crippen LogP contribution in [0, 0.1) is 0 Å². The van der Waals surface area contributed by atoms with E-state index in [1.807, 2.05) is 12.3 Å². The summed E-state index contributed by atoms with van der Waals surface area (Å²) in [6.45, 7) is 4.85. The van der Waals surface area contributed by atoms with E-state index in [1.54, 1.807) is 6.20 Å². The van der Waals surface area contributed by atoms with Crippen molar-refractivity contribution in [3.63, 3.8) is 0 Å². The van der Waals surface area contributed by atoms with Crippen LogP contribution in [-0.4, -0.2) is 14.5 Å². The minimum absolute atomic E-state index is 0.313. The van der Waals surface area contributed by atoms with Crippen LogP contribution in [-0.2, 0) is 6.54 Å². The van der Waals surface area contributed by atoms with Crippen molar-refractivity contribution in [2.75, 3.05) is 0 Å². The summed E-state index contributed by atoms with van der Waals surface area (Å²) < 4.78 is 3.18. The highest BCUT2D eigenvalue weighted by molar-refractivity contribution is 9.10. The van der Waals surface area contributed by atoms with Crippen molar-refractivity contribution in [3.8, 4) is 11.4 Å². The van der Waals surface area contributed by atoms with Crippen molar-refractivity contribution < 1.29 is 0 Å². The minimum atomic E-state index is 0.313. The molecule has 0 amide bonds. The second-order valence-electron chi connectivity index (χ2n) is 5.32. The van der Waals surface area contributed by atoms with Gasteiger partial charge in [-0.15, -0.1) is 0 Å². The molecule has 0 fully saturated rings. The van der Waals surface area contributed by atoms with E-state index in [-0.39, 0.29) is 0 Å². The molecule has 0 saturated heterocycles. The third-order valence-corrected chi connectivity index (χ3v) is 3.90. The number of aromatic nitrogens is 3. The number of imidazole rings is 1. The van der Waals surface area contributed by atoms with Gasteiger partial charge in [0.05, 0.1) is 11.0 Å². The van der Waals surface area contributed by atoms with Gasteiger partial charge in [-0.05, 0) is 53.5 Å². The molecule has 3 aromatic rings. The third-order valence-electron chi connectivity index (χ3n) is 3.47. The zero-order valence-corrected chi connectivity index (χ0v) is 13.6. The Bertz CT molecular complexity index is 792. The fourth-order valence-electron chi connectivity index (χ4n) is 2.53. The summed E-state index contributed by atoms with van der Waals surface area (Å²) in [6.07, 6.45) is 3.62. The van der Waals surface area contributed by atoms with Gasteiger partial charge in [0, 0.05) is 35.0 Å². The highest BCUT2D eigenvalue weighted by atomic mass is 79.9. The van der Waals surface area contributed by atoms with Crippen molar-refractivity contribution in [3.05, 3.63) is 46.7 Å². The monoisotopic (exact) mass is 344 g/mol. The predicted molar refractivity (Wildman–Crippen MR) is 88.9 cm³/mol. The lowest BCUT2D eigenvalue weighted by Gasteiger charge is -2.13. The highest BCUT2D eigenvalue weighted by Crippen LogP contribution is 2.29. The zero-order chi connectivity index (χ0) is 15.0. The number of hydrogen-bond donors (Lipinski definition) is 1. The first-order chi connectivity index (χ1) is 10.1. The molecule has 0 aliphatic rings. The van der Waals surface area contributed by atoms with Crippen LogP contribution in [0.25, 0.3) is 22.4 Å². The van der Waals surface area contributed by atoms with Gasteiger partial charge < -0.3 is 10.3 Å². The van der Waals surface area contributed by atoms with Crippen molar-refractivity contribution in [1.82, 2.24) is 14.5 Å². The molecule has 2 N–H and O–H groups in total. The van der Waals surface area contributed by atoms with Crippen LogP contribution in [0.2, 0.25) is 0 Å². The largest absolute Gasteiger partial charge is 0.326 e. The first-order valence-corrected chi connectivity index (χ1v) is 7.71. The van der Waals surface area contributed by atoms with Crippen LogP contribution in [0.5, 0.6) is 0 Å². The number of benzene rings is 1. The van der Waals surface area contributed by atoms with Crippen molar-refractivity contribution >= 4 is 27.0 Å². The summed E-state index contributed by atoms with van der Waals surface area (Å²) in [5, 5.41) is 0. The van der Waals surface area contributed by atoms with Crippen LogP contribution in [0.4, 0.5) is 0 Å². The normalized spacial score (nSPS) is 11.5. The number of nitrogens with two attached hydrogens (primary N) is 1. The van der Waals surface area contributed by atoms with Crippen LogP contribution in [0.15, 0.2) is 41.1 Å². The quantitative estimate of drug-likeness (QED) is 0.783. The van der Waals surface area contributed by atoms with Gasteiger partial charge in [-0.25, -0.2) is 4.98 Å². The van der Waals surface area contributed by atoms with Crippen LogP contribution in [0.1, 0.15) is 25.5 Å². The second kappa shape index (κ2) is 5.58. The van der Waals surface area contributed by atoms with Crippen LogP contribution in [0.3, 0.4) is 0 Å². The smallest absolute Gasteiger partial charge is 0.142 e. The predicted octanol–water partition coefficient (Wildman–Crippen LogP) is 3.90. The van der Waals surface area contributed by atoms with Gasteiger partial charge in [-0.1, -0.05) is 6.07 Å². The first-order valence-electron chi connectivity index (χ1n) is 6.92. The maximum absolute atomic E-state index is 5.73. The Hall–Kier alpha value is -1.72. The van der Waals surface area contributed by atoms with E-state index in [2.05, 4.69) is 57.5 Å². The van der Waals surface area contributed by atoms with Gasteiger partial charge in [-0.3, -0.25) is 4.98 Å². The number of halogens is 1. The number of rotatable bonds is 3. The molecular formula is C16H17BrN4. The SMILES string of the molecule is CC(C)n1c(-c2cncc(Br)c2)nc2cc(CN)ccc21. The molecular weight excluding hydrogens is 328 g/mol. The third kappa shape index (κ3) is 2.59. The summed E-state index contributed by atoms with van der Waals surface area (Å²) >= 11 is 3.47. The van der Waals surface area contributed by atoms with E-state index >= 15 is 0 Å². The number of nitrogens with zero attached hydrogens (tertiary/aromatic N) is 3. The number of hydrogen-bond acceptors (Lipinski definition) is 3. The molecule has 2 aromatic heterocycles. The molecule has 0 unspecified atom stereocenters. The number of pyridine rings is 1. The van der Waals surface area contributed by atoms with E-state index in [9.17, 15) is 0 Å². The Morgan fingerprint density at radius 1 is 1.24 bits per heavy atom. The maximum Gasteiger partial charge on any atom is 0.142 e. The molecule has 21 heavy (non-hydrogen) atoms. The van der Waals surface area contributed by atoms with E-state index in [0.717, 1.165) is 32.5 Å². The lowest BCUT2D eigenvalue weighted by Crippen LogP contribution is -2.03. The minimum Gasteiger partial charge on any atom is -0.326 e. The van der Waals surface area contributed by atoms with E-state index in [4.69, 9.17) is 10.7 Å². The fraction of sp³-hybridized carbons (Fsp3) is 0.250. The van der Waals surface area contributed by atoms with Gasteiger partial charge >= 0.3 is 0 Å². The molecule has 0 radical (unpaired) electrons. The van der Waals surface area contributed by atoms with E-state index in [0.29, 0.717) is 12.6 Å². The molecule has 108 valence electrons. The lowest BCUT2D eigenvalue weighted by molar-refractivity contribution is 0.624. The molecule has 0 bridgehead atoms. The number of fused-ring (bicyclic) bond motifs is 1. The van der Waals surface area contributed by atoms with Crippen LogP contribution < -0.4 is 5.73 Å². The molecule has 1 aromatic carbocycles. The second-order valence-corrected chi connectivity index (χ2v) is 6.23. The van der Waals surface area contributed by atoms with Crippen molar-refractivity contribution in [2.24, 2.45) is 5.73 Å². The molecule has 5 heteroatoms. The Morgan fingerprint density at radius 2 is 2.05 bits per heavy atom. The molecule has 0 spiro atoms. The first kappa shape index (κ1) is 14.2. The van der Waals surface area contributed by atoms with Crippen molar-refractivity contribution in [1.29, 1.82) is 0 Å². The van der Waals surface area contributed by atoms with E-state index in [1.165, 1.54) is 0 Å². The zero-order valence-electron chi connectivity index (χ0n) is 12.0.